The van der Waals surface area contributed by atoms with Crippen LogP contribution >= 0.6 is 11.8 Å². The number of aliphatic hydroxyl groups excluding tert-OH is 1. The summed E-state index contributed by atoms with van der Waals surface area (Å²) in [6.07, 6.45) is 3.19. The molecular formula is C28H25F2N3O4S. The third-order valence-corrected chi connectivity index (χ3v) is 9.89. The smallest absolute Gasteiger partial charge is 0.278 e. The number of carbonyl (C=O) groups excluding carboxylic acids is 1. The van der Waals surface area contributed by atoms with Gasteiger partial charge < -0.3 is 15.1 Å². The maximum absolute atomic E-state index is 15.2. The molecule has 4 heterocycles. The summed E-state index contributed by atoms with van der Waals surface area (Å²) < 4.78 is 31.2. The predicted molar refractivity (Wildman–Crippen MR) is 136 cm³/mol. The first-order valence-corrected chi connectivity index (χ1v) is 13.7. The van der Waals surface area contributed by atoms with Crippen molar-refractivity contribution >= 4 is 17.7 Å². The number of aliphatic hydroxyl groups is 1. The Labute approximate surface area is 221 Å². The number of nitrogens with zero attached hydrogens (tertiary/aromatic N) is 3. The fraction of sp³-hybridized carbons (Fsp3) is 0.357. The van der Waals surface area contributed by atoms with Crippen LogP contribution in [0.1, 0.15) is 52.5 Å². The van der Waals surface area contributed by atoms with Gasteiger partial charge >= 0.3 is 0 Å². The number of thioether (sulfide) groups is 1. The van der Waals surface area contributed by atoms with Crippen molar-refractivity contribution in [3.63, 3.8) is 0 Å². The van der Waals surface area contributed by atoms with Crippen LogP contribution in [0.3, 0.4) is 0 Å². The minimum atomic E-state index is -0.922. The molecule has 1 aromatic heterocycles. The van der Waals surface area contributed by atoms with Crippen molar-refractivity contribution in [1.82, 2.24) is 9.58 Å². The van der Waals surface area contributed by atoms with Gasteiger partial charge in [0.1, 0.15) is 6.17 Å². The summed E-state index contributed by atoms with van der Waals surface area (Å²) in [4.78, 5) is 28.9. The van der Waals surface area contributed by atoms with Gasteiger partial charge in [-0.05, 0) is 53.9 Å². The first-order chi connectivity index (χ1) is 18.3. The standard InChI is InChI=1S/C28H25F2N3O4S/c29-19-6-5-16-18(23(19)30)13-38-21-4-2-1-3-17(21)24(16)33-22-7-9-28(11-15(28)12-34)14-31(22)27(37)25-26(36)20(35)8-10-32(25)33/h1-6,8,10,15,22,24,34,36H,7,9,11-14H2/t15?,22-,24+,28?/m1/s1. The van der Waals surface area contributed by atoms with E-state index in [-0.39, 0.29) is 35.0 Å². The monoisotopic (exact) mass is 537 g/mol. The Bertz CT molecular complexity index is 1560. The molecule has 0 radical (unpaired) electrons. The van der Waals surface area contributed by atoms with Crippen LogP contribution in [0.5, 0.6) is 5.75 Å². The summed E-state index contributed by atoms with van der Waals surface area (Å²) in [5.41, 5.74) is 0.677. The van der Waals surface area contributed by atoms with Gasteiger partial charge in [0, 0.05) is 41.6 Å². The van der Waals surface area contributed by atoms with E-state index < -0.39 is 40.9 Å². The summed E-state index contributed by atoms with van der Waals surface area (Å²) in [7, 11) is 0. The average molecular weight is 538 g/mol. The molecule has 4 atom stereocenters. The van der Waals surface area contributed by atoms with Gasteiger partial charge in [-0.15, -0.1) is 11.8 Å². The second-order valence-electron chi connectivity index (χ2n) is 10.7. The quantitative estimate of drug-likeness (QED) is 0.518. The predicted octanol–water partition coefficient (Wildman–Crippen LogP) is 3.74. The molecular weight excluding hydrogens is 512 g/mol. The molecule has 38 heavy (non-hydrogen) atoms. The van der Waals surface area contributed by atoms with E-state index in [1.807, 2.05) is 29.3 Å². The highest BCUT2D eigenvalue weighted by Crippen LogP contribution is 2.59. The molecule has 2 N–H and O–H groups in total. The Kier molecular flexibility index (Phi) is 5.19. The number of hydrogen-bond acceptors (Lipinski definition) is 6. The normalized spacial score (nSPS) is 27.3. The number of halogens is 2. The van der Waals surface area contributed by atoms with Gasteiger partial charge in [-0.1, -0.05) is 24.3 Å². The van der Waals surface area contributed by atoms with Crippen molar-refractivity contribution in [1.29, 1.82) is 0 Å². The number of benzene rings is 2. The molecule has 0 bridgehead atoms. The number of fused-ring (bicyclic) bond motifs is 4. The lowest BCUT2D eigenvalue weighted by Gasteiger charge is -2.53. The van der Waals surface area contributed by atoms with E-state index in [4.69, 9.17) is 0 Å². The Morgan fingerprint density at radius 1 is 1.08 bits per heavy atom. The molecule has 2 unspecified atom stereocenters. The van der Waals surface area contributed by atoms with Gasteiger partial charge in [-0.25, -0.2) is 8.78 Å². The second kappa shape index (κ2) is 8.31. The fourth-order valence-electron chi connectivity index (χ4n) is 6.70. The highest BCUT2D eigenvalue weighted by atomic mass is 32.2. The first kappa shape index (κ1) is 23.7. The van der Waals surface area contributed by atoms with Crippen molar-refractivity contribution in [2.45, 2.75) is 42.1 Å². The molecule has 1 saturated carbocycles. The number of hydrogen-bond donors (Lipinski definition) is 2. The van der Waals surface area contributed by atoms with Crippen molar-refractivity contribution in [3.8, 4) is 5.75 Å². The number of amides is 1. The largest absolute Gasteiger partial charge is 0.502 e. The zero-order valence-electron chi connectivity index (χ0n) is 20.3. The van der Waals surface area contributed by atoms with Gasteiger partial charge in [0.25, 0.3) is 5.91 Å². The summed E-state index contributed by atoms with van der Waals surface area (Å²) in [6.45, 7) is 0.428. The van der Waals surface area contributed by atoms with Gasteiger partial charge in [-0.3, -0.25) is 19.3 Å². The van der Waals surface area contributed by atoms with Crippen LogP contribution in [0.2, 0.25) is 0 Å². The van der Waals surface area contributed by atoms with E-state index >= 15 is 4.39 Å². The molecule has 1 saturated heterocycles. The molecule has 1 aliphatic carbocycles. The van der Waals surface area contributed by atoms with Crippen LogP contribution < -0.4 is 10.4 Å². The highest BCUT2D eigenvalue weighted by Gasteiger charge is 2.60. The lowest BCUT2D eigenvalue weighted by Crippen LogP contribution is -2.65. The minimum Gasteiger partial charge on any atom is -0.502 e. The van der Waals surface area contributed by atoms with Gasteiger partial charge in [0.15, 0.2) is 23.1 Å². The van der Waals surface area contributed by atoms with E-state index in [1.165, 1.54) is 28.7 Å². The van der Waals surface area contributed by atoms with E-state index in [9.17, 15) is 24.2 Å². The van der Waals surface area contributed by atoms with Crippen LogP contribution in [0.15, 0.2) is 58.4 Å². The zero-order valence-corrected chi connectivity index (χ0v) is 21.1. The Morgan fingerprint density at radius 2 is 1.89 bits per heavy atom. The van der Waals surface area contributed by atoms with E-state index in [0.717, 1.165) is 29.4 Å². The van der Waals surface area contributed by atoms with Crippen molar-refractivity contribution in [2.24, 2.45) is 11.3 Å². The maximum Gasteiger partial charge on any atom is 0.278 e. The molecule has 3 aromatic rings. The molecule has 1 amide bonds. The number of aromatic nitrogens is 1. The van der Waals surface area contributed by atoms with Gasteiger partial charge in [0.2, 0.25) is 5.43 Å². The Balaban J connectivity index is 1.48. The number of carbonyl (C=O) groups is 1. The Hall–Kier alpha value is -3.37. The number of rotatable bonds is 2. The van der Waals surface area contributed by atoms with E-state index in [0.29, 0.717) is 18.5 Å². The van der Waals surface area contributed by atoms with E-state index in [1.54, 1.807) is 11.0 Å². The topological polar surface area (TPSA) is 86.0 Å². The van der Waals surface area contributed by atoms with Crippen LogP contribution in [-0.2, 0) is 5.75 Å². The number of pyridine rings is 1. The lowest BCUT2D eigenvalue weighted by molar-refractivity contribution is 0.0288. The molecule has 7 nitrogen and oxygen atoms in total. The summed E-state index contributed by atoms with van der Waals surface area (Å²) in [6, 6.07) is 11.0. The lowest BCUT2D eigenvalue weighted by atomic mass is 9.87. The highest BCUT2D eigenvalue weighted by molar-refractivity contribution is 7.98. The van der Waals surface area contributed by atoms with Crippen molar-refractivity contribution in [3.05, 3.63) is 92.9 Å². The minimum absolute atomic E-state index is 0.0448. The zero-order chi connectivity index (χ0) is 26.3. The SMILES string of the molecule is O=C1c2c(O)c(=O)ccn2N([C@@H]2c3ccccc3SCc3c2ccc(F)c3F)[C@@H]2CCC3(CC3CO)CN12. The van der Waals surface area contributed by atoms with Crippen molar-refractivity contribution in [2.75, 3.05) is 18.2 Å². The molecule has 2 fully saturated rings. The van der Waals surface area contributed by atoms with Gasteiger partial charge in [0.05, 0.1) is 6.04 Å². The molecule has 7 rings (SSSR count). The van der Waals surface area contributed by atoms with Crippen LogP contribution in [0.4, 0.5) is 8.78 Å². The molecule has 196 valence electrons. The maximum atomic E-state index is 15.2. The first-order valence-electron chi connectivity index (χ1n) is 12.7. The van der Waals surface area contributed by atoms with Crippen LogP contribution in [0, 0.1) is 23.0 Å². The molecule has 10 heteroatoms. The third kappa shape index (κ3) is 3.22. The molecule has 4 aliphatic rings. The summed E-state index contributed by atoms with van der Waals surface area (Å²) >= 11 is 1.42. The molecule has 1 spiro atoms. The fourth-order valence-corrected chi connectivity index (χ4v) is 7.82. The summed E-state index contributed by atoms with van der Waals surface area (Å²) in [5, 5.41) is 22.6. The Morgan fingerprint density at radius 3 is 2.68 bits per heavy atom. The summed E-state index contributed by atoms with van der Waals surface area (Å²) in [5.74, 6) is -2.58. The van der Waals surface area contributed by atoms with Crippen LogP contribution in [0.25, 0.3) is 0 Å². The second-order valence-corrected chi connectivity index (χ2v) is 11.7. The molecule has 2 aromatic carbocycles. The van der Waals surface area contributed by atoms with Gasteiger partial charge in [-0.2, -0.15) is 0 Å². The third-order valence-electron chi connectivity index (χ3n) is 8.77. The number of piperidine rings is 1. The number of aromatic hydroxyl groups is 1. The molecule has 3 aliphatic heterocycles. The average Bonchev–Trinajstić information content (AvgIpc) is 3.64. The van der Waals surface area contributed by atoms with Crippen LogP contribution in [-0.4, -0.2) is 45.0 Å². The van der Waals surface area contributed by atoms with Crippen molar-refractivity contribution < 1.29 is 23.8 Å². The van der Waals surface area contributed by atoms with E-state index in [2.05, 4.69) is 0 Å².